The van der Waals surface area contributed by atoms with Crippen molar-refractivity contribution in [3.63, 3.8) is 0 Å². The Balaban J connectivity index is 2.79. The van der Waals surface area contributed by atoms with Crippen molar-refractivity contribution in [3.8, 4) is 5.75 Å². The molecule has 1 N–H and O–H groups in total. The number of hydrogen-bond acceptors (Lipinski definition) is 5. The number of hydrogen-bond donors (Lipinski definition) is 1. The first-order chi connectivity index (χ1) is 9.08. The second-order valence-corrected chi connectivity index (χ2v) is 3.75. The molecule has 0 aliphatic rings. The fourth-order valence-electron chi connectivity index (χ4n) is 1.36. The van der Waals surface area contributed by atoms with E-state index >= 15 is 0 Å². The van der Waals surface area contributed by atoms with Crippen molar-refractivity contribution in [2.24, 2.45) is 0 Å². The third-order valence-electron chi connectivity index (χ3n) is 2.37. The molecule has 0 aliphatic carbocycles. The molecule has 0 spiro atoms. The zero-order chi connectivity index (χ0) is 14.3. The summed E-state index contributed by atoms with van der Waals surface area (Å²) in [6.07, 6.45) is 0.921. The number of benzene rings is 1. The zero-order valence-electron chi connectivity index (χ0n) is 10.8. The van der Waals surface area contributed by atoms with E-state index in [-0.39, 0.29) is 18.0 Å². The SMILES string of the molecule is CCCCOC(=O)Nc1cc(OC)ccc1[N+](=O)[O-]. The van der Waals surface area contributed by atoms with Gasteiger partial charge < -0.3 is 9.47 Å². The highest BCUT2D eigenvalue weighted by Gasteiger charge is 2.17. The van der Waals surface area contributed by atoms with Crippen LogP contribution >= 0.6 is 0 Å². The first-order valence-corrected chi connectivity index (χ1v) is 5.84. The number of nitrogens with one attached hydrogen (secondary N) is 1. The molecule has 1 rings (SSSR count). The lowest BCUT2D eigenvalue weighted by molar-refractivity contribution is -0.383. The van der Waals surface area contributed by atoms with Crippen LogP contribution in [0.4, 0.5) is 16.2 Å². The molecule has 0 bridgehead atoms. The quantitative estimate of drug-likeness (QED) is 0.486. The van der Waals surface area contributed by atoms with Crippen LogP contribution in [0.15, 0.2) is 18.2 Å². The van der Waals surface area contributed by atoms with Crippen LogP contribution in [0.3, 0.4) is 0 Å². The van der Waals surface area contributed by atoms with Crippen molar-refractivity contribution in [1.29, 1.82) is 0 Å². The number of ether oxygens (including phenoxy) is 2. The number of nitro groups is 1. The van der Waals surface area contributed by atoms with Crippen molar-refractivity contribution in [1.82, 2.24) is 0 Å². The van der Waals surface area contributed by atoms with Crippen LogP contribution in [-0.2, 0) is 4.74 Å². The van der Waals surface area contributed by atoms with Crippen LogP contribution < -0.4 is 10.1 Å². The van der Waals surface area contributed by atoms with Gasteiger partial charge >= 0.3 is 6.09 Å². The van der Waals surface area contributed by atoms with E-state index in [0.717, 1.165) is 12.8 Å². The Bertz CT molecular complexity index is 461. The Labute approximate surface area is 110 Å². The van der Waals surface area contributed by atoms with E-state index in [9.17, 15) is 14.9 Å². The van der Waals surface area contributed by atoms with E-state index in [2.05, 4.69) is 5.32 Å². The van der Waals surface area contributed by atoms with E-state index in [1.54, 1.807) is 0 Å². The van der Waals surface area contributed by atoms with Crippen LogP contribution in [0, 0.1) is 10.1 Å². The highest BCUT2D eigenvalue weighted by Crippen LogP contribution is 2.28. The van der Waals surface area contributed by atoms with Crippen LogP contribution in [0.1, 0.15) is 19.8 Å². The molecular formula is C12H16N2O5. The largest absolute Gasteiger partial charge is 0.497 e. The number of nitro benzene ring substituents is 1. The highest BCUT2D eigenvalue weighted by atomic mass is 16.6. The predicted octanol–water partition coefficient (Wildman–Crippen LogP) is 2.95. The summed E-state index contributed by atoms with van der Waals surface area (Å²) in [7, 11) is 1.44. The van der Waals surface area contributed by atoms with E-state index in [1.165, 1.54) is 25.3 Å². The molecule has 104 valence electrons. The highest BCUT2D eigenvalue weighted by molar-refractivity contribution is 5.88. The smallest absolute Gasteiger partial charge is 0.411 e. The van der Waals surface area contributed by atoms with Crippen molar-refractivity contribution in [2.45, 2.75) is 19.8 Å². The fraction of sp³-hybridized carbons (Fsp3) is 0.417. The maximum atomic E-state index is 11.5. The summed E-state index contributed by atoms with van der Waals surface area (Å²) >= 11 is 0. The average Bonchev–Trinajstić information content (AvgIpc) is 2.38. The van der Waals surface area contributed by atoms with Gasteiger partial charge in [-0.2, -0.15) is 0 Å². The van der Waals surface area contributed by atoms with E-state index in [1.807, 2.05) is 6.92 Å². The monoisotopic (exact) mass is 268 g/mol. The van der Waals surface area contributed by atoms with Gasteiger partial charge in [0.1, 0.15) is 11.4 Å². The molecule has 0 atom stereocenters. The third-order valence-corrected chi connectivity index (χ3v) is 2.37. The van der Waals surface area contributed by atoms with Gasteiger partial charge in [0.15, 0.2) is 0 Å². The minimum Gasteiger partial charge on any atom is -0.497 e. The number of unbranched alkanes of at least 4 members (excludes halogenated alkanes) is 1. The van der Waals surface area contributed by atoms with Gasteiger partial charge in [-0.15, -0.1) is 0 Å². The van der Waals surface area contributed by atoms with Gasteiger partial charge in [-0.3, -0.25) is 15.4 Å². The van der Waals surface area contributed by atoms with Gasteiger partial charge in [-0.05, 0) is 12.5 Å². The zero-order valence-corrected chi connectivity index (χ0v) is 10.8. The molecule has 0 fully saturated rings. The van der Waals surface area contributed by atoms with E-state index in [4.69, 9.17) is 9.47 Å². The molecule has 0 saturated heterocycles. The molecule has 0 aromatic heterocycles. The number of amides is 1. The predicted molar refractivity (Wildman–Crippen MR) is 69.5 cm³/mol. The first kappa shape index (κ1) is 14.7. The molecular weight excluding hydrogens is 252 g/mol. The van der Waals surface area contributed by atoms with Gasteiger partial charge in [0.2, 0.25) is 0 Å². The minimum absolute atomic E-state index is 0.0471. The lowest BCUT2D eigenvalue weighted by Gasteiger charge is -2.08. The molecule has 0 heterocycles. The Kier molecular flexibility index (Phi) is 5.59. The second kappa shape index (κ2) is 7.20. The normalized spacial score (nSPS) is 9.79. The first-order valence-electron chi connectivity index (χ1n) is 5.84. The molecule has 7 nitrogen and oxygen atoms in total. The summed E-state index contributed by atoms with van der Waals surface area (Å²) in [6.45, 7) is 2.24. The molecule has 7 heteroatoms. The number of rotatable bonds is 6. The number of nitrogens with zero attached hydrogens (tertiary/aromatic N) is 1. The number of carbonyl (C=O) groups is 1. The summed E-state index contributed by atoms with van der Waals surface area (Å²) in [4.78, 5) is 21.7. The summed E-state index contributed by atoms with van der Waals surface area (Å²) in [5.41, 5.74) is -0.168. The minimum atomic E-state index is -0.718. The second-order valence-electron chi connectivity index (χ2n) is 3.75. The summed E-state index contributed by atoms with van der Waals surface area (Å²) in [5.74, 6) is 0.412. The number of methoxy groups -OCH3 is 1. The Morgan fingerprint density at radius 1 is 1.47 bits per heavy atom. The van der Waals surface area contributed by atoms with Gasteiger partial charge in [0.25, 0.3) is 5.69 Å². The van der Waals surface area contributed by atoms with Crippen LogP contribution in [0.25, 0.3) is 0 Å². The van der Waals surface area contributed by atoms with Crippen molar-refractivity contribution < 1.29 is 19.2 Å². The molecule has 0 unspecified atom stereocenters. The summed E-state index contributed by atoms with van der Waals surface area (Å²) in [6, 6.07) is 4.09. The lowest BCUT2D eigenvalue weighted by atomic mass is 10.2. The topological polar surface area (TPSA) is 90.7 Å². The van der Waals surface area contributed by atoms with E-state index in [0.29, 0.717) is 5.75 Å². The number of anilines is 1. The Hall–Kier alpha value is -2.31. The molecule has 1 amide bonds. The fourth-order valence-corrected chi connectivity index (χ4v) is 1.36. The van der Waals surface area contributed by atoms with Gasteiger partial charge in [0.05, 0.1) is 18.6 Å². The third kappa shape index (κ3) is 4.46. The lowest BCUT2D eigenvalue weighted by Crippen LogP contribution is -2.15. The molecule has 1 aromatic rings. The van der Waals surface area contributed by atoms with Crippen molar-refractivity contribution in [3.05, 3.63) is 28.3 Å². The van der Waals surface area contributed by atoms with Crippen molar-refractivity contribution in [2.75, 3.05) is 19.0 Å². The summed E-state index contributed by atoms with van der Waals surface area (Å²) < 4.78 is 9.84. The van der Waals surface area contributed by atoms with Crippen LogP contribution in [0.5, 0.6) is 5.75 Å². The maximum Gasteiger partial charge on any atom is 0.411 e. The maximum absolute atomic E-state index is 11.5. The molecule has 1 aromatic carbocycles. The van der Waals surface area contributed by atoms with Gasteiger partial charge in [-0.25, -0.2) is 4.79 Å². The molecule has 0 radical (unpaired) electrons. The molecule has 0 aliphatic heterocycles. The Morgan fingerprint density at radius 2 is 2.21 bits per heavy atom. The molecule has 19 heavy (non-hydrogen) atoms. The van der Waals surface area contributed by atoms with Crippen LogP contribution in [-0.4, -0.2) is 24.7 Å². The van der Waals surface area contributed by atoms with E-state index < -0.39 is 11.0 Å². The van der Waals surface area contributed by atoms with Crippen LogP contribution in [0.2, 0.25) is 0 Å². The van der Waals surface area contributed by atoms with Gasteiger partial charge in [0, 0.05) is 12.1 Å². The van der Waals surface area contributed by atoms with Crippen molar-refractivity contribution >= 4 is 17.5 Å². The Morgan fingerprint density at radius 3 is 2.79 bits per heavy atom. The van der Waals surface area contributed by atoms with Gasteiger partial charge in [-0.1, -0.05) is 13.3 Å². The number of carbonyl (C=O) groups excluding carboxylic acids is 1. The standard InChI is InChI=1S/C12H16N2O5/c1-3-4-7-19-12(15)13-10-8-9(18-2)5-6-11(10)14(16)17/h5-6,8H,3-4,7H2,1-2H3,(H,13,15). The molecule has 0 saturated carbocycles. The average molecular weight is 268 g/mol. The summed E-state index contributed by atoms with van der Waals surface area (Å²) in [5, 5.41) is 13.2.